The van der Waals surface area contributed by atoms with Crippen LogP contribution in [0.25, 0.3) is 11.3 Å². The number of carbonyl (C=O) groups is 1. The molecule has 3 aromatic rings. The largest absolute Gasteiger partial charge is 0.352 e. The molecule has 0 bridgehead atoms. The van der Waals surface area contributed by atoms with Gasteiger partial charge < -0.3 is 9.80 Å². The highest BCUT2D eigenvalue weighted by molar-refractivity contribution is 5.76. The van der Waals surface area contributed by atoms with Crippen LogP contribution in [-0.2, 0) is 11.3 Å². The monoisotopic (exact) mass is 377 g/mol. The molecule has 0 atom stereocenters. The van der Waals surface area contributed by atoms with Gasteiger partial charge in [0.15, 0.2) is 5.82 Å². The fourth-order valence-corrected chi connectivity index (χ4v) is 3.09. The Labute approximate surface area is 161 Å². The van der Waals surface area contributed by atoms with Crippen molar-refractivity contribution in [2.75, 3.05) is 31.1 Å². The minimum atomic E-state index is -0.231. The van der Waals surface area contributed by atoms with E-state index in [1.54, 1.807) is 17.3 Å². The van der Waals surface area contributed by atoms with Gasteiger partial charge in [0.05, 0.1) is 12.0 Å². The summed E-state index contributed by atoms with van der Waals surface area (Å²) in [4.78, 5) is 36.0. The average Bonchev–Trinajstić information content (AvgIpc) is 2.76. The predicted octanol–water partition coefficient (Wildman–Crippen LogP) is 0.444. The molecule has 0 aromatic carbocycles. The van der Waals surface area contributed by atoms with Crippen LogP contribution >= 0.6 is 0 Å². The summed E-state index contributed by atoms with van der Waals surface area (Å²) in [6.45, 7) is 2.47. The van der Waals surface area contributed by atoms with Crippen LogP contribution in [-0.4, -0.2) is 61.7 Å². The number of aromatic nitrogens is 5. The maximum Gasteiger partial charge on any atom is 0.253 e. The second kappa shape index (κ2) is 7.95. The highest BCUT2D eigenvalue weighted by Gasteiger charge is 2.22. The van der Waals surface area contributed by atoms with Crippen molar-refractivity contribution in [3.8, 4) is 11.3 Å². The number of amides is 1. The van der Waals surface area contributed by atoms with Gasteiger partial charge in [-0.2, -0.15) is 0 Å². The second-order valence-corrected chi connectivity index (χ2v) is 6.43. The number of hydrogen-bond acceptors (Lipinski definition) is 7. The van der Waals surface area contributed by atoms with Crippen LogP contribution in [0.5, 0.6) is 0 Å². The van der Waals surface area contributed by atoms with Crippen molar-refractivity contribution >= 4 is 11.7 Å². The van der Waals surface area contributed by atoms with Gasteiger partial charge in [0.1, 0.15) is 6.54 Å². The van der Waals surface area contributed by atoms with Crippen LogP contribution in [0.15, 0.2) is 60.0 Å². The molecule has 0 radical (unpaired) electrons. The van der Waals surface area contributed by atoms with Crippen LogP contribution in [0.3, 0.4) is 0 Å². The molecule has 4 rings (SSSR count). The molecule has 9 nitrogen and oxygen atoms in total. The zero-order valence-corrected chi connectivity index (χ0v) is 15.2. The summed E-state index contributed by atoms with van der Waals surface area (Å²) in [5.74, 6) is 0.691. The molecule has 1 aliphatic rings. The summed E-state index contributed by atoms with van der Waals surface area (Å²) < 4.78 is 1.32. The van der Waals surface area contributed by atoms with E-state index in [9.17, 15) is 9.59 Å². The van der Waals surface area contributed by atoms with E-state index in [4.69, 9.17) is 0 Å². The molecule has 0 aliphatic carbocycles. The Morgan fingerprint density at radius 3 is 2.50 bits per heavy atom. The molecule has 0 N–H and O–H groups in total. The first-order chi connectivity index (χ1) is 13.7. The highest BCUT2D eigenvalue weighted by atomic mass is 16.2. The fourth-order valence-electron chi connectivity index (χ4n) is 3.09. The van der Waals surface area contributed by atoms with Gasteiger partial charge in [-0.25, -0.2) is 4.98 Å². The van der Waals surface area contributed by atoms with E-state index < -0.39 is 0 Å². The molecule has 1 saturated heterocycles. The van der Waals surface area contributed by atoms with Crippen molar-refractivity contribution in [1.29, 1.82) is 0 Å². The number of anilines is 1. The van der Waals surface area contributed by atoms with E-state index in [1.807, 2.05) is 24.3 Å². The molecule has 1 aliphatic heterocycles. The zero-order valence-electron chi connectivity index (χ0n) is 15.2. The summed E-state index contributed by atoms with van der Waals surface area (Å²) in [5.41, 5.74) is 1.46. The van der Waals surface area contributed by atoms with Crippen molar-refractivity contribution in [2.45, 2.75) is 6.54 Å². The smallest absolute Gasteiger partial charge is 0.253 e. The van der Waals surface area contributed by atoms with E-state index in [2.05, 4.69) is 25.1 Å². The van der Waals surface area contributed by atoms with Gasteiger partial charge in [0.2, 0.25) is 5.91 Å². The first-order valence-electron chi connectivity index (χ1n) is 8.98. The summed E-state index contributed by atoms with van der Waals surface area (Å²) >= 11 is 0. The van der Waals surface area contributed by atoms with Crippen molar-refractivity contribution in [1.82, 2.24) is 29.6 Å². The van der Waals surface area contributed by atoms with E-state index in [-0.39, 0.29) is 18.0 Å². The number of nitrogens with zero attached hydrogens (tertiary/aromatic N) is 7. The fraction of sp³-hybridized carbons (Fsp3) is 0.263. The summed E-state index contributed by atoms with van der Waals surface area (Å²) in [5, 5.41) is 8.61. The topological polar surface area (TPSA) is 97.1 Å². The van der Waals surface area contributed by atoms with Gasteiger partial charge >= 0.3 is 0 Å². The Morgan fingerprint density at radius 1 is 0.964 bits per heavy atom. The van der Waals surface area contributed by atoms with E-state index in [0.29, 0.717) is 26.2 Å². The van der Waals surface area contributed by atoms with E-state index in [1.165, 1.54) is 23.2 Å². The summed E-state index contributed by atoms with van der Waals surface area (Å²) in [7, 11) is 0. The molecule has 9 heteroatoms. The van der Waals surface area contributed by atoms with Crippen molar-refractivity contribution in [2.24, 2.45) is 0 Å². The van der Waals surface area contributed by atoms with Gasteiger partial charge in [0.25, 0.3) is 5.56 Å². The number of rotatable bonds is 4. The molecule has 0 spiro atoms. The Morgan fingerprint density at radius 2 is 1.82 bits per heavy atom. The Kier molecular flexibility index (Phi) is 5.05. The third kappa shape index (κ3) is 3.88. The van der Waals surface area contributed by atoms with E-state index in [0.717, 1.165) is 17.1 Å². The molecule has 28 heavy (non-hydrogen) atoms. The van der Waals surface area contributed by atoms with Gasteiger partial charge in [-0.1, -0.05) is 0 Å². The van der Waals surface area contributed by atoms with Gasteiger partial charge in [-0.05, 0) is 24.3 Å². The molecule has 3 aromatic heterocycles. The third-order valence-corrected chi connectivity index (χ3v) is 4.66. The third-order valence-electron chi connectivity index (χ3n) is 4.66. The maximum atomic E-state index is 12.5. The Balaban J connectivity index is 1.35. The van der Waals surface area contributed by atoms with Gasteiger partial charge in [0, 0.05) is 56.4 Å². The number of hydrogen-bond donors (Lipinski definition) is 0. The lowest BCUT2D eigenvalue weighted by Gasteiger charge is -2.35. The van der Waals surface area contributed by atoms with Crippen LogP contribution in [0, 0.1) is 0 Å². The molecule has 1 fully saturated rings. The van der Waals surface area contributed by atoms with Crippen LogP contribution in [0.4, 0.5) is 5.82 Å². The lowest BCUT2D eigenvalue weighted by Crippen LogP contribution is -2.50. The minimum absolute atomic E-state index is 0.00624. The molecule has 0 saturated carbocycles. The lowest BCUT2D eigenvalue weighted by atomic mass is 10.2. The number of carbonyl (C=O) groups excluding carboxylic acids is 1. The first-order valence-corrected chi connectivity index (χ1v) is 8.98. The summed E-state index contributed by atoms with van der Waals surface area (Å²) in [6.07, 6.45) is 6.27. The summed E-state index contributed by atoms with van der Waals surface area (Å²) in [6, 6.07) is 9.00. The standard InChI is InChI=1S/C19H19N7O2/c27-18-5-7-21-14-26(18)13-19(28)25-10-8-24(9-11-25)17-4-3-16(22-23-17)15-2-1-6-20-12-15/h1-7,12,14H,8-11,13H2. The van der Waals surface area contributed by atoms with Gasteiger partial charge in [-0.15, -0.1) is 10.2 Å². The molecule has 142 valence electrons. The molecular weight excluding hydrogens is 358 g/mol. The Hall–Kier alpha value is -3.62. The van der Waals surface area contributed by atoms with Crippen LogP contribution in [0.1, 0.15) is 0 Å². The van der Waals surface area contributed by atoms with Crippen LogP contribution in [0.2, 0.25) is 0 Å². The quantitative estimate of drug-likeness (QED) is 0.651. The molecular formula is C19H19N7O2. The minimum Gasteiger partial charge on any atom is -0.352 e. The average molecular weight is 377 g/mol. The second-order valence-electron chi connectivity index (χ2n) is 6.43. The molecule has 1 amide bonds. The van der Waals surface area contributed by atoms with E-state index >= 15 is 0 Å². The van der Waals surface area contributed by atoms with Crippen molar-refractivity contribution in [3.05, 3.63) is 65.6 Å². The molecule has 4 heterocycles. The molecule has 0 unspecified atom stereocenters. The van der Waals surface area contributed by atoms with Crippen molar-refractivity contribution in [3.63, 3.8) is 0 Å². The maximum absolute atomic E-state index is 12.5. The Bertz CT molecular complexity index is 997. The normalized spacial score (nSPS) is 14.1. The van der Waals surface area contributed by atoms with Crippen molar-refractivity contribution < 1.29 is 4.79 Å². The predicted molar refractivity (Wildman–Crippen MR) is 103 cm³/mol. The first kappa shape index (κ1) is 17.8. The number of pyridine rings is 1. The lowest BCUT2D eigenvalue weighted by molar-refractivity contribution is -0.132. The number of piperazine rings is 1. The van der Waals surface area contributed by atoms with Gasteiger partial charge in [-0.3, -0.25) is 19.1 Å². The zero-order chi connectivity index (χ0) is 19.3. The SMILES string of the molecule is O=C(Cn1cnccc1=O)N1CCN(c2ccc(-c3cccnc3)nn2)CC1. The van der Waals surface area contributed by atoms with Crippen LogP contribution < -0.4 is 10.5 Å². The highest BCUT2D eigenvalue weighted by Crippen LogP contribution is 2.18.